The molecule has 0 radical (unpaired) electrons. The fourth-order valence-corrected chi connectivity index (χ4v) is 2.08. The van der Waals surface area contributed by atoms with E-state index < -0.39 is 0 Å². The summed E-state index contributed by atoms with van der Waals surface area (Å²) in [4.78, 5) is 12.0. The van der Waals surface area contributed by atoms with E-state index in [1.807, 2.05) is 24.3 Å². The Bertz CT molecular complexity index is 358. The van der Waals surface area contributed by atoms with Crippen LogP contribution in [0.5, 0.6) is 5.75 Å². The van der Waals surface area contributed by atoms with Crippen molar-refractivity contribution in [3.8, 4) is 5.75 Å². The quantitative estimate of drug-likeness (QED) is 0.470. The molecule has 1 aromatic rings. The highest BCUT2D eigenvalue weighted by Crippen LogP contribution is 2.20. The van der Waals surface area contributed by atoms with Crippen LogP contribution in [-0.2, 0) is 0 Å². The molecule has 100 valence electrons. The van der Waals surface area contributed by atoms with Crippen molar-refractivity contribution < 1.29 is 9.53 Å². The average molecular weight is 248 g/mol. The van der Waals surface area contributed by atoms with Gasteiger partial charge >= 0.3 is 0 Å². The van der Waals surface area contributed by atoms with Gasteiger partial charge in [0.15, 0.2) is 5.78 Å². The summed E-state index contributed by atoms with van der Waals surface area (Å²) < 4.78 is 5.21. The summed E-state index contributed by atoms with van der Waals surface area (Å²) in [5.41, 5.74) is 0.716. The van der Waals surface area contributed by atoms with Crippen LogP contribution < -0.4 is 4.74 Å². The molecule has 0 amide bonds. The van der Waals surface area contributed by atoms with E-state index >= 15 is 0 Å². The zero-order chi connectivity index (χ0) is 13.2. The van der Waals surface area contributed by atoms with Gasteiger partial charge in [0.2, 0.25) is 0 Å². The maximum Gasteiger partial charge on any atom is 0.166 e. The SMILES string of the molecule is CCCCCCCCC(=O)c1ccccc1OC. The molecule has 0 aliphatic heterocycles. The van der Waals surface area contributed by atoms with Gasteiger partial charge in [-0.2, -0.15) is 0 Å². The number of ketones is 1. The zero-order valence-electron chi connectivity index (χ0n) is 11.6. The minimum Gasteiger partial charge on any atom is -0.496 e. The number of hydrogen-bond acceptors (Lipinski definition) is 2. The van der Waals surface area contributed by atoms with E-state index in [1.165, 1.54) is 25.7 Å². The molecule has 0 unspecified atom stereocenters. The summed E-state index contributed by atoms with van der Waals surface area (Å²) in [7, 11) is 1.61. The van der Waals surface area contributed by atoms with Gasteiger partial charge in [-0.1, -0.05) is 51.2 Å². The Morgan fingerprint density at radius 2 is 1.72 bits per heavy atom. The molecular weight excluding hydrogens is 224 g/mol. The van der Waals surface area contributed by atoms with E-state index in [1.54, 1.807) is 7.11 Å². The molecule has 0 heterocycles. The number of carbonyl (C=O) groups is 1. The lowest BCUT2D eigenvalue weighted by Gasteiger charge is -2.07. The summed E-state index contributed by atoms with van der Waals surface area (Å²) in [5, 5.41) is 0. The first-order valence-electron chi connectivity index (χ1n) is 6.95. The topological polar surface area (TPSA) is 26.3 Å². The molecule has 0 saturated heterocycles. The molecule has 0 N–H and O–H groups in total. The second kappa shape index (κ2) is 8.73. The molecule has 0 spiro atoms. The monoisotopic (exact) mass is 248 g/mol. The molecular formula is C16H24O2. The molecule has 2 heteroatoms. The van der Waals surface area contributed by atoms with Crippen LogP contribution >= 0.6 is 0 Å². The number of benzene rings is 1. The number of unbranched alkanes of at least 4 members (excludes halogenated alkanes) is 5. The van der Waals surface area contributed by atoms with Crippen molar-refractivity contribution in [2.45, 2.75) is 51.9 Å². The number of rotatable bonds is 9. The van der Waals surface area contributed by atoms with Crippen molar-refractivity contribution in [1.29, 1.82) is 0 Å². The van der Waals surface area contributed by atoms with Crippen molar-refractivity contribution in [3.63, 3.8) is 0 Å². The van der Waals surface area contributed by atoms with Gasteiger partial charge in [0.05, 0.1) is 12.7 Å². The van der Waals surface area contributed by atoms with Crippen molar-refractivity contribution in [2.24, 2.45) is 0 Å². The predicted octanol–water partition coefficient (Wildman–Crippen LogP) is 4.63. The Morgan fingerprint density at radius 3 is 2.44 bits per heavy atom. The van der Waals surface area contributed by atoms with E-state index in [0.717, 1.165) is 12.8 Å². The number of Topliss-reactive ketones (excluding diaryl/α,β-unsaturated/α-hetero) is 1. The van der Waals surface area contributed by atoms with Gasteiger partial charge in [-0.25, -0.2) is 0 Å². The molecule has 18 heavy (non-hydrogen) atoms. The number of hydrogen-bond donors (Lipinski definition) is 0. The van der Waals surface area contributed by atoms with Crippen molar-refractivity contribution in [3.05, 3.63) is 29.8 Å². The number of para-hydroxylation sites is 1. The summed E-state index contributed by atoms with van der Waals surface area (Å²) in [6, 6.07) is 7.46. The molecule has 2 nitrogen and oxygen atoms in total. The van der Waals surface area contributed by atoms with Gasteiger partial charge in [-0.05, 0) is 18.6 Å². The van der Waals surface area contributed by atoms with E-state index in [0.29, 0.717) is 17.7 Å². The van der Waals surface area contributed by atoms with Crippen LogP contribution in [0.25, 0.3) is 0 Å². The van der Waals surface area contributed by atoms with E-state index in [9.17, 15) is 4.79 Å². The fourth-order valence-electron chi connectivity index (χ4n) is 2.08. The number of carbonyl (C=O) groups excluding carboxylic acids is 1. The summed E-state index contributed by atoms with van der Waals surface area (Å²) in [6.45, 7) is 2.21. The van der Waals surface area contributed by atoms with Crippen LogP contribution in [0.15, 0.2) is 24.3 Å². The second-order valence-corrected chi connectivity index (χ2v) is 4.64. The van der Waals surface area contributed by atoms with Crippen molar-refractivity contribution in [1.82, 2.24) is 0 Å². The standard InChI is InChI=1S/C16H24O2/c1-3-4-5-6-7-8-12-15(17)14-11-9-10-13-16(14)18-2/h9-11,13H,3-8,12H2,1-2H3. The molecule has 0 aliphatic carbocycles. The Hall–Kier alpha value is -1.31. The van der Waals surface area contributed by atoms with Crippen LogP contribution in [0.2, 0.25) is 0 Å². The third-order valence-corrected chi connectivity index (χ3v) is 3.16. The highest BCUT2D eigenvalue weighted by Gasteiger charge is 2.10. The van der Waals surface area contributed by atoms with Crippen molar-refractivity contribution >= 4 is 5.78 Å². The zero-order valence-corrected chi connectivity index (χ0v) is 11.6. The van der Waals surface area contributed by atoms with Crippen molar-refractivity contribution in [2.75, 3.05) is 7.11 Å². The lowest BCUT2D eigenvalue weighted by Crippen LogP contribution is -2.01. The fraction of sp³-hybridized carbons (Fsp3) is 0.562. The first-order valence-corrected chi connectivity index (χ1v) is 6.95. The van der Waals surface area contributed by atoms with Crippen LogP contribution in [0.3, 0.4) is 0 Å². The first kappa shape index (κ1) is 14.7. The highest BCUT2D eigenvalue weighted by molar-refractivity contribution is 5.98. The van der Waals surface area contributed by atoms with E-state index in [2.05, 4.69) is 6.92 Å². The third-order valence-electron chi connectivity index (χ3n) is 3.16. The van der Waals surface area contributed by atoms with E-state index in [4.69, 9.17) is 4.74 Å². The molecule has 0 fully saturated rings. The smallest absolute Gasteiger partial charge is 0.166 e. The molecule has 0 atom stereocenters. The Labute approximate surface area is 110 Å². The predicted molar refractivity (Wildman–Crippen MR) is 75.3 cm³/mol. The summed E-state index contributed by atoms with van der Waals surface area (Å²) >= 11 is 0. The van der Waals surface area contributed by atoms with E-state index in [-0.39, 0.29) is 5.78 Å². The molecule has 0 aliphatic rings. The summed E-state index contributed by atoms with van der Waals surface area (Å²) in [6.07, 6.45) is 7.88. The lowest BCUT2D eigenvalue weighted by atomic mass is 10.0. The molecule has 0 aromatic heterocycles. The Kier molecular flexibility index (Phi) is 7.16. The molecule has 1 rings (SSSR count). The molecule has 0 saturated carbocycles. The highest BCUT2D eigenvalue weighted by atomic mass is 16.5. The second-order valence-electron chi connectivity index (χ2n) is 4.64. The molecule has 1 aromatic carbocycles. The minimum absolute atomic E-state index is 0.197. The van der Waals surface area contributed by atoms with Gasteiger partial charge in [0.25, 0.3) is 0 Å². The van der Waals surface area contributed by atoms with Crippen LogP contribution in [0, 0.1) is 0 Å². The van der Waals surface area contributed by atoms with Gasteiger partial charge in [0, 0.05) is 6.42 Å². The van der Waals surface area contributed by atoms with Crippen LogP contribution in [0.4, 0.5) is 0 Å². The molecule has 0 bridgehead atoms. The van der Waals surface area contributed by atoms with Crippen LogP contribution in [0.1, 0.15) is 62.2 Å². The number of ether oxygens (including phenoxy) is 1. The lowest BCUT2D eigenvalue weighted by molar-refractivity contribution is 0.0976. The normalized spacial score (nSPS) is 10.3. The van der Waals surface area contributed by atoms with Gasteiger partial charge in [-0.15, -0.1) is 0 Å². The first-order chi connectivity index (χ1) is 8.79. The Morgan fingerprint density at radius 1 is 1.06 bits per heavy atom. The minimum atomic E-state index is 0.197. The summed E-state index contributed by atoms with van der Waals surface area (Å²) in [5.74, 6) is 0.886. The van der Waals surface area contributed by atoms with Gasteiger partial charge < -0.3 is 4.74 Å². The van der Waals surface area contributed by atoms with Gasteiger partial charge in [-0.3, -0.25) is 4.79 Å². The average Bonchev–Trinajstić information content (AvgIpc) is 2.42. The van der Waals surface area contributed by atoms with Crippen LogP contribution in [-0.4, -0.2) is 12.9 Å². The van der Waals surface area contributed by atoms with Gasteiger partial charge in [0.1, 0.15) is 5.75 Å². The maximum absolute atomic E-state index is 12.0. The third kappa shape index (κ3) is 4.91. The Balaban J connectivity index is 2.32. The largest absolute Gasteiger partial charge is 0.496 e. The number of methoxy groups -OCH3 is 1. The maximum atomic E-state index is 12.0.